The molecule has 0 aliphatic heterocycles. The molecule has 2 aromatic heterocycles. The highest BCUT2D eigenvalue weighted by Crippen LogP contribution is 2.26. The smallest absolute Gasteiger partial charge is 0.276 e. The molecule has 9 nitrogen and oxygen atoms in total. The van der Waals surface area contributed by atoms with Gasteiger partial charge in [-0.1, -0.05) is 30.3 Å². The third-order valence-electron chi connectivity index (χ3n) is 4.50. The van der Waals surface area contributed by atoms with E-state index in [0.29, 0.717) is 5.65 Å². The summed E-state index contributed by atoms with van der Waals surface area (Å²) >= 11 is 0. The van der Waals surface area contributed by atoms with Crippen LogP contribution in [0.3, 0.4) is 0 Å². The maximum absolute atomic E-state index is 12.7. The minimum absolute atomic E-state index is 0.140. The Morgan fingerprint density at radius 1 is 1.13 bits per heavy atom. The van der Waals surface area contributed by atoms with Gasteiger partial charge >= 0.3 is 0 Å². The lowest BCUT2D eigenvalue weighted by atomic mass is 10.1. The van der Waals surface area contributed by atoms with E-state index in [4.69, 9.17) is 4.74 Å². The van der Waals surface area contributed by atoms with Crippen molar-refractivity contribution in [3.8, 4) is 17.0 Å². The molecular formula is C21H17N5O4. The monoisotopic (exact) mass is 403 g/mol. The molecule has 2 heterocycles. The molecule has 4 rings (SSSR count). The number of nitrogens with zero attached hydrogens (tertiary/aromatic N) is 4. The predicted octanol–water partition coefficient (Wildman–Crippen LogP) is 3.87. The Labute approximate surface area is 171 Å². The normalized spacial score (nSPS) is 10.7. The number of carbonyl (C=O) groups excluding carboxylic acids is 1. The van der Waals surface area contributed by atoms with Gasteiger partial charge in [-0.3, -0.25) is 14.9 Å². The van der Waals surface area contributed by atoms with Crippen molar-refractivity contribution < 1.29 is 14.5 Å². The van der Waals surface area contributed by atoms with Crippen molar-refractivity contribution in [1.29, 1.82) is 0 Å². The largest absolute Gasteiger partial charge is 0.496 e. The lowest BCUT2D eigenvalue weighted by Crippen LogP contribution is -2.13. The highest BCUT2D eigenvalue weighted by molar-refractivity contribution is 6.03. The van der Waals surface area contributed by atoms with Crippen molar-refractivity contribution in [3.05, 3.63) is 82.2 Å². The maximum Gasteiger partial charge on any atom is 0.276 e. The first-order chi connectivity index (χ1) is 14.4. The van der Waals surface area contributed by atoms with E-state index in [2.05, 4.69) is 15.4 Å². The van der Waals surface area contributed by atoms with Gasteiger partial charge in [-0.25, -0.2) is 9.50 Å². The van der Waals surface area contributed by atoms with Gasteiger partial charge in [0.25, 0.3) is 11.6 Å². The van der Waals surface area contributed by atoms with Gasteiger partial charge in [-0.05, 0) is 13.0 Å². The van der Waals surface area contributed by atoms with Gasteiger partial charge in [0.2, 0.25) is 0 Å². The zero-order chi connectivity index (χ0) is 21.3. The molecule has 150 valence electrons. The second-order valence-corrected chi connectivity index (χ2v) is 6.58. The molecule has 2 aromatic carbocycles. The SMILES string of the molecule is COc1cc(NC(=O)c2cc3nc(-c4ccccc4)cc(C)n3n2)cc([N+](=O)[O-])c1. The van der Waals surface area contributed by atoms with Crippen molar-refractivity contribution in [2.45, 2.75) is 6.92 Å². The zero-order valence-corrected chi connectivity index (χ0v) is 16.2. The Morgan fingerprint density at radius 3 is 2.60 bits per heavy atom. The van der Waals surface area contributed by atoms with Gasteiger partial charge in [0, 0.05) is 29.5 Å². The van der Waals surface area contributed by atoms with Crippen molar-refractivity contribution in [2.75, 3.05) is 12.4 Å². The Bertz CT molecular complexity index is 1270. The molecule has 0 saturated carbocycles. The van der Waals surface area contributed by atoms with Crippen LogP contribution < -0.4 is 10.1 Å². The summed E-state index contributed by atoms with van der Waals surface area (Å²) in [5.74, 6) is -0.247. The van der Waals surface area contributed by atoms with E-state index in [1.807, 2.05) is 43.3 Å². The summed E-state index contributed by atoms with van der Waals surface area (Å²) in [5, 5.41) is 18.0. The number of benzene rings is 2. The quantitative estimate of drug-likeness (QED) is 0.400. The summed E-state index contributed by atoms with van der Waals surface area (Å²) in [6, 6.07) is 17.2. The van der Waals surface area contributed by atoms with E-state index in [0.717, 1.165) is 17.0 Å². The van der Waals surface area contributed by atoms with Gasteiger partial charge < -0.3 is 10.1 Å². The van der Waals surface area contributed by atoms with E-state index in [1.165, 1.54) is 25.3 Å². The number of ether oxygens (including phenoxy) is 1. The minimum Gasteiger partial charge on any atom is -0.496 e. The number of non-ortho nitro benzene ring substituents is 1. The number of hydrogen-bond donors (Lipinski definition) is 1. The van der Waals surface area contributed by atoms with E-state index in [9.17, 15) is 14.9 Å². The molecule has 0 radical (unpaired) electrons. The van der Waals surface area contributed by atoms with Crippen LogP contribution in [0.5, 0.6) is 5.75 Å². The van der Waals surface area contributed by atoms with Gasteiger partial charge in [0.05, 0.1) is 29.5 Å². The molecule has 1 amide bonds. The lowest BCUT2D eigenvalue weighted by molar-refractivity contribution is -0.384. The molecule has 4 aromatic rings. The fraction of sp³-hybridized carbons (Fsp3) is 0.0952. The summed E-state index contributed by atoms with van der Waals surface area (Å²) in [6.07, 6.45) is 0. The Morgan fingerprint density at radius 2 is 1.90 bits per heavy atom. The van der Waals surface area contributed by atoms with Crippen molar-refractivity contribution >= 4 is 22.9 Å². The van der Waals surface area contributed by atoms with Crippen LogP contribution in [0, 0.1) is 17.0 Å². The van der Waals surface area contributed by atoms with Crippen molar-refractivity contribution in [3.63, 3.8) is 0 Å². The fourth-order valence-corrected chi connectivity index (χ4v) is 3.07. The van der Waals surface area contributed by atoms with Gasteiger partial charge in [0.15, 0.2) is 11.3 Å². The Balaban J connectivity index is 1.67. The van der Waals surface area contributed by atoms with Gasteiger partial charge in [-0.2, -0.15) is 5.10 Å². The summed E-state index contributed by atoms with van der Waals surface area (Å²) < 4.78 is 6.65. The van der Waals surface area contributed by atoms with Crippen molar-refractivity contribution in [1.82, 2.24) is 14.6 Å². The number of aryl methyl sites for hydroxylation is 1. The number of rotatable bonds is 5. The van der Waals surface area contributed by atoms with Crippen LogP contribution in [0.2, 0.25) is 0 Å². The first-order valence-corrected chi connectivity index (χ1v) is 9.02. The third-order valence-corrected chi connectivity index (χ3v) is 4.50. The predicted molar refractivity (Wildman–Crippen MR) is 111 cm³/mol. The molecule has 0 fully saturated rings. The Hall–Kier alpha value is -4.27. The minimum atomic E-state index is -0.554. The van der Waals surface area contributed by atoms with Crippen LogP contribution in [-0.2, 0) is 0 Å². The van der Waals surface area contributed by atoms with E-state index in [1.54, 1.807) is 10.6 Å². The number of hydrogen-bond acceptors (Lipinski definition) is 6. The third kappa shape index (κ3) is 3.68. The van der Waals surface area contributed by atoms with Crippen LogP contribution in [-0.4, -0.2) is 32.5 Å². The second-order valence-electron chi connectivity index (χ2n) is 6.58. The topological polar surface area (TPSA) is 112 Å². The first kappa shape index (κ1) is 19.1. The number of amides is 1. The first-order valence-electron chi connectivity index (χ1n) is 9.02. The molecule has 0 spiro atoms. The van der Waals surface area contributed by atoms with Crippen LogP contribution in [0.25, 0.3) is 16.9 Å². The highest BCUT2D eigenvalue weighted by Gasteiger charge is 2.17. The lowest BCUT2D eigenvalue weighted by Gasteiger charge is -2.06. The standard InChI is InChI=1S/C21H17N5O4/c1-13-8-18(14-6-4-3-5-7-14)23-20-12-19(24-25(13)20)21(27)22-15-9-16(26(28)29)11-17(10-15)30-2/h3-12H,1-2H3,(H,22,27). The molecule has 0 saturated heterocycles. The molecule has 1 N–H and O–H groups in total. The number of methoxy groups -OCH3 is 1. The molecule has 0 aliphatic rings. The van der Waals surface area contributed by atoms with E-state index < -0.39 is 10.8 Å². The number of nitro benzene ring substituents is 1. The van der Waals surface area contributed by atoms with Crippen LogP contribution in [0.4, 0.5) is 11.4 Å². The number of aromatic nitrogens is 3. The van der Waals surface area contributed by atoms with Crippen LogP contribution >= 0.6 is 0 Å². The molecule has 0 aliphatic carbocycles. The molecule has 30 heavy (non-hydrogen) atoms. The zero-order valence-electron chi connectivity index (χ0n) is 16.2. The number of anilines is 1. The number of nitrogens with one attached hydrogen (secondary N) is 1. The molecular weight excluding hydrogens is 386 g/mol. The molecule has 0 bridgehead atoms. The van der Waals surface area contributed by atoms with Crippen LogP contribution in [0.15, 0.2) is 60.7 Å². The van der Waals surface area contributed by atoms with Gasteiger partial charge in [-0.15, -0.1) is 0 Å². The average Bonchev–Trinajstić information content (AvgIpc) is 3.19. The molecule has 9 heteroatoms. The average molecular weight is 403 g/mol. The molecule has 0 unspecified atom stereocenters. The summed E-state index contributed by atoms with van der Waals surface area (Å²) in [5.41, 5.74) is 3.25. The highest BCUT2D eigenvalue weighted by atomic mass is 16.6. The number of nitro groups is 1. The fourth-order valence-electron chi connectivity index (χ4n) is 3.07. The summed E-state index contributed by atoms with van der Waals surface area (Å²) in [4.78, 5) is 27.8. The second kappa shape index (κ2) is 7.63. The number of carbonyl (C=O) groups is 1. The van der Waals surface area contributed by atoms with E-state index in [-0.39, 0.29) is 22.8 Å². The van der Waals surface area contributed by atoms with Crippen LogP contribution in [0.1, 0.15) is 16.2 Å². The summed E-state index contributed by atoms with van der Waals surface area (Å²) in [7, 11) is 1.39. The molecule has 0 atom stereocenters. The number of fused-ring (bicyclic) bond motifs is 1. The maximum atomic E-state index is 12.7. The Kier molecular flexibility index (Phi) is 4.85. The van der Waals surface area contributed by atoms with E-state index >= 15 is 0 Å². The van der Waals surface area contributed by atoms with Gasteiger partial charge in [0.1, 0.15) is 5.75 Å². The van der Waals surface area contributed by atoms with Crippen molar-refractivity contribution in [2.24, 2.45) is 0 Å². The summed E-state index contributed by atoms with van der Waals surface area (Å²) in [6.45, 7) is 1.88.